The van der Waals surface area contributed by atoms with Crippen molar-refractivity contribution >= 4 is 29.4 Å². The molecule has 2 N–H and O–H groups in total. The van der Waals surface area contributed by atoms with Gasteiger partial charge in [0, 0.05) is 11.4 Å². The highest BCUT2D eigenvalue weighted by atomic mass is 32.2. The van der Waals surface area contributed by atoms with Crippen molar-refractivity contribution in [3.05, 3.63) is 59.7 Å². The topological polar surface area (TPSA) is 83.8 Å². The van der Waals surface area contributed by atoms with Crippen LogP contribution in [0.2, 0.25) is 0 Å². The second-order valence-corrected chi connectivity index (χ2v) is 7.89. The third-order valence-electron chi connectivity index (χ3n) is 4.86. The number of nitrogens with zero attached hydrogens (tertiary/aromatic N) is 1. The first-order valence-electron chi connectivity index (χ1n) is 9.65. The summed E-state index contributed by atoms with van der Waals surface area (Å²) in [5.74, 6) is 1.06. The Kier molecular flexibility index (Phi) is 5.80. The molecule has 0 spiro atoms. The van der Waals surface area contributed by atoms with Crippen LogP contribution in [0.25, 0.3) is 0 Å². The number of fused-ring (bicyclic) bond motifs is 1. The van der Waals surface area contributed by atoms with E-state index in [0.29, 0.717) is 23.6 Å². The van der Waals surface area contributed by atoms with E-state index in [1.807, 2.05) is 23.9 Å². The average molecular weight is 413 g/mol. The fourth-order valence-corrected chi connectivity index (χ4v) is 4.63. The molecule has 29 heavy (non-hydrogen) atoms. The van der Waals surface area contributed by atoms with E-state index >= 15 is 0 Å². The third kappa shape index (κ3) is 4.12. The van der Waals surface area contributed by atoms with Crippen molar-refractivity contribution in [3.63, 3.8) is 0 Å². The zero-order valence-corrected chi connectivity index (χ0v) is 17.0. The number of ether oxygens (including phenoxy) is 1. The first kappa shape index (κ1) is 19.4. The molecule has 0 saturated heterocycles. The molecule has 2 aromatic rings. The molecule has 3 heterocycles. The largest absolute Gasteiger partial charge is 0.467 e. The second kappa shape index (κ2) is 8.65. The molecule has 8 heteroatoms. The van der Waals surface area contributed by atoms with Gasteiger partial charge in [-0.3, -0.25) is 0 Å². The van der Waals surface area contributed by atoms with Crippen molar-refractivity contribution in [3.8, 4) is 0 Å². The lowest BCUT2D eigenvalue weighted by Gasteiger charge is -2.32. The van der Waals surface area contributed by atoms with E-state index in [1.165, 1.54) is 11.2 Å². The number of anilines is 1. The molecule has 152 valence electrons. The molecule has 0 saturated carbocycles. The average Bonchev–Trinajstić information content (AvgIpc) is 3.17. The number of nitrogens with one attached hydrogen (secondary N) is 2. The fraction of sp³-hybridized carbons (Fsp3) is 0.333. The van der Waals surface area contributed by atoms with Gasteiger partial charge < -0.3 is 24.7 Å². The van der Waals surface area contributed by atoms with Gasteiger partial charge in [-0.1, -0.05) is 12.1 Å². The first-order valence-corrected chi connectivity index (χ1v) is 10.6. The maximum atomic E-state index is 12.8. The molecule has 4 rings (SSSR count). The number of carbonyl (C=O) groups excluding carboxylic acids is 2. The number of esters is 1. The zero-order chi connectivity index (χ0) is 20.2. The third-order valence-corrected chi connectivity index (χ3v) is 6.01. The van der Waals surface area contributed by atoms with Gasteiger partial charge in [0.15, 0.2) is 0 Å². The Morgan fingerprint density at radius 3 is 2.97 bits per heavy atom. The van der Waals surface area contributed by atoms with Gasteiger partial charge in [0.1, 0.15) is 11.8 Å². The van der Waals surface area contributed by atoms with Crippen LogP contribution in [0.5, 0.6) is 0 Å². The van der Waals surface area contributed by atoms with E-state index in [4.69, 9.17) is 9.15 Å². The van der Waals surface area contributed by atoms with E-state index in [-0.39, 0.29) is 12.6 Å². The molecule has 0 bridgehead atoms. The van der Waals surface area contributed by atoms with Crippen LogP contribution in [-0.2, 0) is 9.53 Å². The number of urea groups is 1. The van der Waals surface area contributed by atoms with Crippen LogP contribution >= 0.6 is 11.8 Å². The number of amides is 2. The molecule has 0 aliphatic carbocycles. The maximum absolute atomic E-state index is 12.8. The standard InChI is InChI=1S/C21H23N3O4S/c1-2-27-20(25)18-14(22-21(26)23-19(18)16-8-5-11-28-16)13-24-10-6-12-29-17-9-4-3-7-15(17)24/h3-5,7-9,11,19H,2,6,10,12-13H2,1H3,(H2,22,23,26)/t19-/m1/s1. The number of carbonyl (C=O) groups is 2. The minimum atomic E-state index is -0.690. The highest BCUT2D eigenvalue weighted by molar-refractivity contribution is 7.99. The highest BCUT2D eigenvalue weighted by Crippen LogP contribution is 2.35. The van der Waals surface area contributed by atoms with Crippen molar-refractivity contribution in [2.75, 3.05) is 30.3 Å². The number of thioether (sulfide) groups is 1. The minimum absolute atomic E-state index is 0.248. The van der Waals surface area contributed by atoms with E-state index in [9.17, 15) is 9.59 Å². The number of hydrogen-bond acceptors (Lipinski definition) is 6. The molecule has 2 aliphatic heterocycles. The molecular formula is C21H23N3O4S. The fourth-order valence-electron chi connectivity index (χ4n) is 3.62. The molecule has 2 amide bonds. The van der Waals surface area contributed by atoms with Crippen molar-refractivity contribution in [1.82, 2.24) is 10.6 Å². The van der Waals surface area contributed by atoms with Gasteiger partial charge in [0.25, 0.3) is 0 Å². The van der Waals surface area contributed by atoms with Gasteiger partial charge in [-0.2, -0.15) is 0 Å². The maximum Gasteiger partial charge on any atom is 0.338 e. The SMILES string of the molecule is CCOC(=O)C1=C(CN2CCCSc3ccccc32)NC(=O)N[C@@H]1c1ccco1. The molecule has 0 radical (unpaired) electrons. The van der Waals surface area contributed by atoms with Crippen LogP contribution in [0.4, 0.5) is 10.5 Å². The van der Waals surface area contributed by atoms with Crippen molar-refractivity contribution in [2.45, 2.75) is 24.3 Å². The number of para-hydroxylation sites is 1. The number of furan rings is 1. The normalized spacial score (nSPS) is 19.1. The summed E-state index contributed by atoms with van der Waals surface area (Å²) in [7, 11) is 0. The quantitative estimate of drug-likeness (QED) is 0.731. The van der Waals surface area contributed by atoms with E-state index in [0.717, 1.165) is 24.4 Å². The predicted octanol–water partition coefficient (Wildman–Crippen LogP) is 3.45. The summed E-state index contributed by atoms with van der Waals surface area (Å²) in [5, 5.41) is 5.62. The highest BCUT2D eigenvalue weighted by Gasteiger charge is 2.36. The number of rotatable bonds is 5. The Balaban J connectivity index is 1.74. The minimum Gasteiger partial charge on any atom is -0.467 e. The molecule has 7 nitrogen and oxygen atoms in total. The van der Waals surface area contributed by atoms with Crippen LogP contribution < -0.4 is 15.5 Å². The number of benzene rings is 1. The molecule has 1 atom stereocenters. The van der Waals surface area contributed by atoms with E-state index in [1.54, 1.807) is 19.1 Å². The van der Waals surface area contributed by atoms with Gasteiger partial charge in [-0.15, -0.1) is 11.8 Å². The Morgan fingerprint density at radius 2 is 2.17 bits per heavy atom. The molecule has 2 aliphatic rings. The summed E-state index contributed by atoms with van der Waals surface area (Å²) >= 11 is 1.83. The lowest BCUT2D eigenvalue weighted by atomic mass is 9.99. The van der Waals surface area contributed by atoms with Gasteiger partial charge in [-0.25, -0.2) is 9.59 Å². The lowest BCUT2D eigenvalue weighted by Crippen LogP contribution is -2.48. The summed E-state index contributed by atoms with van der Waals surface area (Å²) in [6.45, 7) is 3.24. The Labute approximate surface area is 173 Å². The van der Waals surface area contributed by atoms with E-state index < -0.39 is 12.0 Å². The smallest absolute Gasteiger partial charge is 0.338 e. The number of hydrogen-bond donors (Lipinski definition) is 2. The van der Waals surface area contributed by atoms with Crippen molar-refractivity contribution in [2.24, 2.45) is 0 Å². The molecule has 0 unspecified atom stereocenters. The van der Waals surface area contributed by atoms with Gasteiger partial charge in [0.05, 0.1) is 36.4 Å². The Bertz CT molecular complexity index is 926. The second-order valence-electron chi connectivity index (χ2n) is 6.75. The van der Waals surface area contributed by atoms with Gasteiger partial charge in [0.2, 0.25) is 0 Å². The van der Waals surface area contributed by atoms with Crippen molar-refractivity contribution < 1.29 is 18.7 Å². The zero-order valence-electron chi connectivity index (χ0n) is 16.1. The van der Waals surface area contributed by atoms with Gasteiger partial charge in [-0.05, 0) is 43.4 Å². The van der Waals surface area contributed by atoms with Crippen LogP contribution in [0.3, 0.4) is 0 Å². The monoisotopic (exact) mass is 413 g/mol. The van der Waals surface area contributed by atoms with Crippen molar-refractivity contribution in [1.29, 1.82) is 0 Å². The van der Waals surface area contributed by atoms with Gasteiger partial charge >= 0.3 is 12.0 Å². The first-order chi connectivity index (χ1) is 14.2. The summed E-state index contributed by atoms with van der Waals surface area (Å²) < 4.78 is 10.8. The van der Waals surface area contributed by atoms with Crippen LogP contribution in [0.15, 0.2) is 63.2 Å². The molecule has 0 fully saturated rings. The van der Waals surface area contributed by atoms with Crippen LogP contribution in [0.1, 0.15) is 25.1 Å². The van der Waals surface area contributed by atoms with Crippen LogP contribution in [-0.4, -0.2) is 37.4 Å². The predicted molar refractivity (Wildman–Crippen MR) is 111 cm³/mol. The molecule has 1 aromatic heterocycles. The van der Waals surface area contributed by atoms with E-state index in [2.05, 4.69) is 27.7 Å². The summed E-state index contributed by atoms with van der Waals surface area (Å²) in [6, 6.07) is 10.6. The summed E-state index contributed by atoms with van der Waals surface area (Å²) in [6.07, 6.45) is 2.53. The Hall–Kier alpha value is -2.87. The Morgan fingerprint density at radius 1 is 1.31 bits per heavy atom. The lowest BCUT2D eigenvalue weighted by molar-refractivity contribution is -0.139. The summed E-state index contributed by atoms with van der Waals surface area (Å²) in [4.78, 5) is 28.6. The molecule has 1 aromatic carbocycles. The summed E-state index contributed by atoms with van der Waals surface area (Å²) in [5.41, 5.74) is 2.01. The van der Waals surface area contributed by atoms with Crippen LogP contribution in [0, 0.1) is 0 Å². The molecular weight excluding hydrogens is 390 g/mol.